The quantitative estimate of drug-likeness (QED) is 0.397. The monoisotopic (exact) mass is 471 g/mol. The summed E-state index contributed by atoms with van der Waals surface area (Å²) in [5.74, 6) is 1.15. The summed E-state index contributed by atoms with van der Waals surface area (Å²) in [6.07, 6.45) is 5.17. The van der Waals surface area contributed by atoms with Gasteiger partial charge in [-0.25, -0.2) is 0 Å². The molecule has 0 bridgehead atoms. The second kappa shape index (κ2) is 10.2. The van der Waals surface area contributed by atoms with Gasteiger partial charge in [-0.1, -0.05) is 29.6 Å². The first kappa shape index (κ1) is 23.0. The van der Waals surface area contributed by atoms with Crippen molar-refractivity contribution in [2.45, 2.75) is 51.4 Å². The molecule has 2 aromatic heterocycles. The normalized spacial score (nSPS) is 13.9. The van der Waals surface area contributed by atoms with Gasteiger partial charge >= 0.3 is 5.97 Å². The summed E-state index contributed by atoms with van der Waals surface area (Å²) < 4.78 is 16.6. The molecule has 1 aliphatic rings. The predicted molar refractivity (Wildman–Crippen MR) is 123 cm³/mol. The van der Waals surface area contributed by atoms with Gasteiger partial charge in [0.2, 0.25) is 5.82 Å². The maximum atomic E-state index is 10.7. The lowest BCUT2D eigenvalue weighted by Crippen LogP contribution is -2.03. The molecule has 1 aromatic carbocycles. The molecular weight excluding hydrogens is 446 g/mol. The van der Waals surface area contributed by atoms with Crippen LogP contribution in [0.2, 0.25) is 5.02 Å². The molecule has 0 spiro atoms. The molecule has 0 saturated heterocycles. The summed E-state index contributed by atoms with van der Waals surface area (Å²) in [4.78, 5) is 20.0. The van der Waals surface area contributed by atoms with Crippen LogP contribution in [0.1, 0.15) is 55.8 Å². The van der Waals surface area contributed by atoms with E-state index in [4.69, 9.17) is 35.7 Å². The highest BCUT2D eigenvalue weighted by molar-refractivity contribution is 6.32. The van der Waals surface area contributed by atoms with Crippen LogP contribution in [0.4, 0.5) is 0 Å². The van der Waals surface area contributed by atoms with Gasteiger partial charge in [-0.05, 0) is 50.5 Å². The number of benzene rings is 1. The number of methoxy groups -OCH3 is 1. The van der Waals surface area contributed by atoms with E-state index >= 15 is 0 Å². The highest BCUT2D eigenvalue weighted by atomic mass is 35.5. The van der Waals surface area contributed by atoms with Gasteiger partial charge in [0.1, 0.15) is 0 Å². The number of hydrogen-bond acceptors (Lipinski definition) is 7. The maximum Gasteiger partial charge on any atom is 0.303 e. The molecule has 0 aliphatic heterocycles. The molecule has 3 aromatic rings. The zero-order valence-electron chi connectivity index (χ0n) is 18.6. The number of aliphatic carboxylic acids is 1. The molecule has 1 fully saturated rings. The van der Waals surface area contributed by atoms with Gasteiger partial charge < -0.3 is 19.1 Å². The first-order valence-electron chi connectivity index (χ1n) is 11.0. The number of carbonyl (C=O) groups is 1. The second-order valence-corrected chi connectivity index (χ2v) is 8.57. The fourth-order valence-corrected chi connectivity index (χ4v) is 4.36. The lowest BCUT2D eigenvalue weighted by atomic mass is 10.0. The number of carboxylic acid groups (broad SMARTS) is 1. The Morgan fingerprint density at radius 2 is 1.97 bits per heavy atom. The Morgan fingerprint density at radius 1 is 1.18 bits per heavy atom. The summed E-state index contributed by atoms with van der Waals surface area (Å²) in [5, 5.41) is 13.2. The van der Waals surface area contributed by atoms with Crippen molar-refractivity contribution in [3.8, 4) is 34.3 Å². The lowest BCUT2D eigenvalue weighted by Gasteiger charge is -2.13. The molecule has 1 aliphatic carbocycles. The van der Waals surface area contributed by atoms with Gasteiger partial charge in [-0.3, -0.25) is 9.78 Å². The van der Waals surface area contributed by atoms with E-state index in [1.54, 1.807) is 12.1 Å². The van der Waals surface area contributed by atoms with Gasteiger partial charge in [0.25, 0.3) is 5.89 Å². The Bertz CT molecular complexity index is 1140. The minimum Gasteiger partial charge on any atom is -0.493 e. The summed E-state index contributed by atoms with van der Waals surface area (Å²) in [6.45, 7) is 2.18. The number of carboxylic acids is 1. The lowest BCUT2D eigenvalue weighted by molar-refractivity contribution is -0.137. The Morgan fingerprint density at radius 3 is 2.70 bits per heavy atom. The van der Waals surface area contributed by atoms with Crippen molar-refractivity contribution in [2.24, 2.45) is 0 Å². The topological polar surface area (TPSA) is 108 Å². The Kier molecular flexibility index (Phi) is 7.13. The summed E-state index contributed by atoms with van der Waals surface area (Å²) in [6, 6.07) is 7.38. The molecule has 2 heterocycles. The van der Waals surface area contributed by atoms with E-state index in [9.17, 15) is 4.79 Å². The SMILES string of the molecule is COc1cc(-c2noc(-c3cc(C)nc(C4CCCC4)c3)n2)cc(Cl)c1OCCCC(=O)O. The maximum absolute atomic E-state index is 10.7. The minimum atomic E-state index is -0.875. The van der Waals surface area contributed by atoms with Crippen LogP contribution in [0.5, 0.6) is 11.5 Å². The highest BCUT2D eigenvalue weighted by Crippen LogP contribution is 2.40. The number of rotatable bonds is 9. The Balaban J connectivity index is 1.57. The molecule has 0 amide bonds. The molecule has 4 rings (SSSR count). The summed E-state index contributed by atoms with van der Waals surface area (Å²) in [7, 11) is 1.51. The van der Waals surface area contributed by atoms with Crippen molar-refractivity contribution in [3.63, 3.8) is 0 Å². The number of ether oxygens (including phenoxy) is 2. The Labute approximate surface area is 196 Å². The molecule has 1 N–H and O–H groups in total. The van der Waals surface area contributed by atoms with Gasteiger partial charge in [0, 0.05) is 34.9 Å². The molecule has 8 nitrogen and oxygen atoms in total. The number of halogens is 1. The highest BCUT2D eigenvalue weighted by Gasteiger charge is 2.21. The van der Waals surface area contributed by atoms with Gasteiger partial charge in [-0.2, -0.15) is 4.98 Å². The zero-order chi connectivity index (χ0) is 23.4. The molecule has 174 valence electrons. The largest absolute Gasteiger partial charge is 0.493 e. The first-order valence-corrected chi connectivity index (χ1v) is 11.4. The van der Waals surface area contributed by atoms with E-state index in [1.807, 2.05) is 19.1 Å². The van der Waals surface area contributed by atoms with E-state index < -0.39 is 5.97 Å². The third kappa shape index (κ3) is 5.45. The van der Waals surface area contributed by atoms with Gasteiger partial charge in [0.15, 0.2) is 11.5 Å². The molecular formula is C24H26ClN3O5. The first-order chi connectivity index (χ1) is 15.9. The van der Waals surface area contributed by atoms with Crippen molar-refractivity contribution in [2.75, 3.05) is 13.7 Å². The van der Waals surface area contributed by atoms with E-state index in [0.717, 1.165) is 29.8 Å². The average Bonchev–Trinajstić information content (AvgIpc) is 3.49. The van der Waals surface area contributed by atoms with Crippen LogP contribution in [0.25, 0.3) is 22.8 Å². The molecule has 1 saturated carbocycles. The summed E-state index contributed by atoms with van der Waals surface area (Å²) in [5.41, 5.74) is 3.46. The standard InChI is InChI=1S/C24H26ClN3O5/c1-14-10-17(12-19(26-14)15-6-3-4-7-15)24-27-23(28-33-24)16-11-18(25)22(20(13-16)31-2)32-9-5-8-21(29)30/h10-13,15H,3-9H2,1-2H3,(H,29,30). The fraction of sp³-hybridized carbons (Fsp3) is 0.417. The fourth-order valence-electron chi connectivity index (χ4n) is 4.09. The van der Waals surface area contributed by atoms with Crippen molar-refractivity contribution in [1.29, 1.82) is 0 Å². The number of aromatic nitrogens is 3. The molecule has 9 heteroatoms. The van der Waals surface area contributed by atoms with Crippen LogP contribution in [-0.4, -0.2) is 39.9 Å². The number of pyridine rings is 1. The van der Waals surface area contributed by atoms with Crippen LogP contribution < -0.4 is 9.47 Å². The number of hydrogen-bond donors (Lipinski definition) is 1. The second-order valence-electron chi connectivity index (χ2n) is 8.16. The van der Waals surface area contributed by atoms with E-state index in [2.05, 4.69) is 10.1 Å². The predicted octanol–water partition coefficient (Wildman–Crippen LogP) is 5.67. The third-order valence-electron chi connectivity index (χ3n) is 5.69. The number of aryl methyl sites for hydroxylation is 1. The van der Waals surface area contributed by atoms with Crippen LogP contribution in [0.3, 0.4) is 0 Å². The summed E-state index contributed by atoms with van der Waals surface area (Å²) >= 11 is 6.43. The number of nitrogens with zero attached hydrogens (tertiary/aromatic N) is 3. The van der Waals surface area contributed by atoms with Crippen molar-refractivity contribution in [1.82, 2.24) is 15.1 Å². The third-order valence-corrected chi connectivity index (χ3v) is 5.97. The van der Waals surface area contributed by atoms with Crippen molar-refractivity contribution < 1.29 is 23.9 Å². The minimum absolute atomic E-state index is 0.0145. The van der Waals surface area contributed by atoms with Crippen LogP contribution >= 0.6 is 11.6 Å². The molecule has 0 radical (unpaired) electrons. The van der Waals surface area contributed by atoms with Gasteiger partial charge in [0.05, 0.1) is 18.7 Å². The van der Waals surface area contributed by atoms with Gasteiger partial charge in [-0.15, -0.1) is 0 Å². The van der Waals surface area contributed by atoms with Crippen LogP contribution in [-0.2, 0) is 4.79 Å². The smallest absolute Gasteiger partial charge is 0.303 e. The molecule has 33 heavy (non-hydrogen) atoms. The van der Waals surface area contributed by atoms with E-state index in [1.165, 1.54) is 20.0 Å². The average molecular weight is 472 g/mol. The van der Waals surface area contributed by atoms with Crippen LogP contribution in [0.15, 0.2) is 28.8 Å². The van der Waals surface area contributed by atoms with Crippen molar-refractivity contribution >= 4 is 17.6 Å². The molecule has 0 unspecified atom stereocenters. The van der Waals surface area contributed by atoms with Crippen molar-refractivity contribution in [3.05, 3.63) is 40.7 Å². The van der Waals surface area contributed by atoms with E-state index in [-0.39, 0.29) is 13.0 Å². The zero-order valence-corrected chi connectivity index (χ0v) is 19.4. The van der Waals surface area contributed by atoms with E-state index in [0.29, 0.717) is 46.1 Å². The van der Waals surface area contributed by atoms with Crippen LogP contribution in [0, 0.1) is 6.92 Å². The Hall–Kier alpha value is -3.13. The molecule has 0 atom stereocenters.